The van der Waals surface area contributed by atoms with Gasteiger partial charge in [-0.3, -0.25) is 0 Å². The lowest BCUT2D eigenvalue weighted by Crippen LogP contribution is -2.49. The van der Waals surface area contributed by atoms with Gasteiger partial charge in [-0.15, -0.1) is 0 Å². The molecule has 2 aliphatic rings. The molecule has 14 heavy (non-hydrogen) atoms. The molecule has 2 rings (SSSR count). The standard InChI is InChI=1S/C11H21NO2/c1-9-7-13-11(2,14-8-9)10-3-5-12-6-4-10/h9-10,12H,3-8H2,1-2H3. The molecule has 2 heterocycles. The average molecular weight is 199 g/mol. The highest BCUT2D eigenvalue weighted by molar-refractivity contribution is 4.82. The van der Waals surface area contributed by atoms with Gasteiger partial charge in [-0.1, -0.05) is 6.92 Å². The Morgan fingerprint density at radius 3 is 2.29 bits per heavy atom. The highest BCUT2D eigenvalue weighted by Crippen LogP contribution is 2.33. The summed E-state index contributed by atoms with van der Waals surface area (Å²) in [5.74, 6) is 0.801. The van der Waals surface area contributed by atoms with Crippen molar-refractivity contribution in [2.75, 3.05) is 26.3 Å². The summed E-state index contributed by atoms with van der Waals surface area (Å²) in [6.45, 7) is 8.17. The smallest absolute Gasteiger partial charge is 0.168 e. The first-order chi connectivity index (χ1) is 6.71. The van der Waals surface area contributed by atoms with Crippen molar-refractivity contribution in [3.05, 3.63) is 0 Å². The highest BCUT2D eigenvalue weighted by Gasteiger charge is 2.39. The number of hydrogen-bond donors (Lipinski definition) is 1. The third-order valence-corrected chi connectivity index (χ3v) is 3.39. The van der Waals surface area contributed by atoms with Crippen molar-refractivity contribution in [3.8, 4) is 0 Å². The highest BCUT2D eigenvalue weighted by atomic mass is 16.7. The lowest BCUT2D eigenvalue weighted by atomic mass is 9.89. The number of piperidine rings is 1. The first-order valence-corrected chi connectivity index (χ1v) is 5.69. The molecule has 0 bridgehead atoms. The van der Waals surface area contributed by atoms with Crippen molar-refractivity contribution in [1.29, 1.82) is 0 Å². The average Bonchev–Trinajstić information content (AvgIpc) is 2.24. The Balaban J connectivity index is 1.93. The van der Waals surface area contributed by atoms with Crippen molar-refractivity contribution >= 4 is 0 Å². The first kappa shape index (κ1) is 10.4. The van der Waals surface area contributed by atoms with E-state index in [9.17, 15) is 0 Å². The maximum Gasteiger partial charge on any atom is 0.168 e. The molecule has 3 nitrogen and oxygen atoms in total. The van der Waals surface area contributed by atoms with Crippen LogP contribution < -0.4 is 5.32 Å². The van der Waals surface area contributed by atoms with Crippen LogP contribution in [0.1, 0.15) is 26.7 Å². The molecule has 3 heteroatoms. The summed E-state index contributed by atoms with van der Waals surface area (Å²) >= 11 is 0. The van der Waals surface area contributed by atoms with Gasteiger partial charge in [-0.25, -0.2) is 0 Å². The molecule has 0 amide bonds. The van der Waals surface area contributed by atoms with Gasteiger partial charge < -0.3 is 14.8 Å². The molecular weight excluding hydrogens is 178 g/mol. The summed E-state index contributed by atoms with van der Waals surface area (Å²) in [4.78, 5) is 0. The molecule has 0 aromatic rings. The second-order valence-corrected chi connectivity index (χ2v) is 4.77. The van der Waals surface area contributed by atoms with Crippen LogP contribution in [-0.2, 0) is 9.47 Å². The van der Waals surface area contributed by atoms with Gasteiger partial charge in [-0.05, 0) is 32.9 Å². The molecule has 2 fully saturated rings. The van der Waals surface area contributed by atoms with Crippen LogP contribution in [0, 0.1) is 11.8 Å². The minimum Gasteiger partial charge on any atom is -0.350 e. The van der Waals surface area contributed by atoms with E-state index in [4.69, 9.17) is 9.47 Å². The fourth-order valence-electron chi connectivity index (χ4n) is 2.29. The minimum atomic E-state index is -0.311. The van der Waals surface area contributed by atoms with Crippen LogP contribution in [-0.4, -0.2) is 32.1 Å². The molecule has 0 spiro atoms. The van der Waals surface area contributed by atoms with Crippen molar-refractivity contribution in [3.63, 3.8) is 0 Å². The Labute approximate surface area is 86.2 Å². The summed E-state index contributed by atoms with van der Waals surface area (Å²) in [7, 11) is 0. The largest absolute Gasteiger partial charge is 0.350 e. The second kappa shape index (κ2) is 4.17. The van der Waals surface area contributed by atoms with E-state index in [0.29, 0.717) is 11.8 Å². The third kappa shape index (κ3) is 2.10. The summed E-state index contributed by atoms with van der Waals surface area (Å²) in [5, 5.41) is 3.37. The van der Waals surface area contributed by atoms with Gasteiger partial charge in [0, 0.05) is 11.8 Å². The van der Waals surface area contributed by atoms with E-state index in [1.807, 2.05) is 0 Å². The van der Waals surface area contributed by atoms with Gasteiger partial charge in [0.15, 0.2) is 5.79 Å². The molecule has 0 aromatic carbocycles. The third-order valence-electron chi connectivity index (χ3n) is 3.39. The summed E-state index contributed by atoms with van der Waals surface area (Å²) in [5.41, 5.74) is 0. The van der Waals surface area contributed by atoms with E-state index in [-0.39, 0.29) is 5.79 Å². The number of nitrogens with one attached hydrogen (secondary N) is 1. The van der Waals surface area contributed by atoms with Crippen LogP contribution in [0.25, 0.3) is 0 Å². The minimum absolute atomic E-state index is 0.311. The van der Waals surface area contributed by atoms with Gasteiger partial charge in [0.05, 0.1) is 13.2 Å². The van der Waals surface area contributed by atoms with Gasteiger partial charge in [-0.2, -0.15) is 0 Å². The zero-order valence-electron chi connectivity index (χ0n) is 9.21. The van der Waals surface area contributed by atoms with Gasteiger partial charge >= 0.3 is 0 Å². The van der Waals surface area contributed by atoms with Gasteiger partial charge in [0.2, 0.25) is 0 Å². The molecule has 0 saturated carbocycles. The summed E-state index contributed by atoms with van der Waals surface area (Å²) in [6, 6.07) is 0. The van der Waals surface area contributed by atoms with Crippen molar-refractivity contribution in [2.45, 2.75) is 32.5 Å². The van der Waals surface area contributed by atoms with Gasteiger partial charge in [0.25, 0.3) is 0 Å². The van der Waals surface area contributed by atoms with E-state index in [2.05, 4.69) is 19.2 Å². The monoisotopic (exact) mass is 199 g/mol. The Hall–Kier alpha value is -0.120. The Morgan fingerprint density at radius 2 is 1.71 bits per heavy atom. The fourth-order valence-corrected chi connectivity index (χ4v) is 2.29. The lowest BCUT2D eigenvalue weighted by molar-refractivity contribution is -0.299. The molecule has 1 N–H and O–H groups in total. The van der Waals surface area contributed by atoms with Crippen molar-refractivity contribution < 1.29 is 9.47 Å². The molecule has 0 aromatic heterocycles. The number of hydrogen-bond acceptors (Lipinski definition) is 3. The van der Waals surface area contributed by atoms with E-state index in [1.165, 1.54) is 12.8 Å². The molecule has 82 valence electrons. The second-order valence-electron chi connectivity index (χ2n) is 4.77. The van der Waals surface area contributed by atoms with Crippen LogP contribution in [0.2, 0.25) is 0 Å². The Morgan fingerprint density at radius 1 is 1.14 bits per heavy atom. The van der Waals surface area contributed by atoms with E-state index in [0.717, 1.165) is 26.3 Å². The van der Waals surface area contributed by atoms with Crippen LogP contribution >= 0.6 is 0 Å². The zero-order valence-corrected chi connectivity index (χ0v) is 9.21. The van der Waals surface area contributed by atoms with E-state index in [1.54, 1.807) is 0 Å². The normalized spacial score (nSPS) is 41.1. The number of ether oxygens (including phenoxy) is 2. The quantitative estimate of drug-likeness (QED) is 0.692. The predicted molar refractivity (Wildman–Crippen MR) is 55.1 cm³/mol. The maximum atomic E-state index is 5.87. The predicted octanol–water partition coefficient (Wildman–Crippen LogP) is 1.39. The van der Waals surface area contributed by atoms with E-state index >= 15 is 0 Å². The molecule has 0 radical (unpaired) electrons. The topological polar surface area (TPSA) is 30.5 Å². The molecule has 2 saturated heterocycles. The maximum absolute atomic E-state index is 5.87. The molecule has 0 aliphatic carbocycles. The van der Waals surface area contributed by atoms with E-state index < -0.39 is 0 Å². The van der Waals surface area contributed by atoms with Crippen LogP contribution in [0.15, 0.2) is 0 Å². The lowest BCUT2D eigenvalue weighted by Gasteiger charge is -2.43. The van der Waals surface area contributed by atoms with Crippen LogP contribution in [0.3, 0.4) is 0 Å². The first-order valence-electron chi connectivity index (χ1n) is 5.69. The van der Waals surface area contributed by atoms with Gasteiger partial charge in [0.1, 0.15) is 0 Å². The van der Waals surface area contributed by atoms with Crippen LogP contribution in [0.5, 0.6) is 0 Å². The SMILES string of the molecule is CC1COC(C)(C2CCNCC2)OC1. The molecule has 0 unspecified atom stereocenters. The number of rotatable bonds is 1. The Kier molecular flexibility index (Phi) is 3.10. The van der Waals surface area contributed by atoms with Crippen molar-refractivity contribution in [1.82, 2.24) is 5.32 Å². The summed E-state index contributed by atoms with van der Waals surface area (Å²) in [6.07, 6.45) is 2.34. The molecule has 2 aliphatic heterocycles. The Bertz CT molecular complexity index is 182. The van der Waals surface area contributed by atoms with Crippen LogP contribution in [0.4, 0.5) is 0 Å². The molecular formula is C11H21NO2. The van der Waals surface area contributed by atoms with Crippen molar-refractivity contribution in [2.24, 2.45) is 11.8 Å². The summed E-state index contributed by atoms with van der Waals surface area (Å²) < 4.78 is 11.7. The zero-order chi connectivity index (χ0) is 10.0. The fraction of sp³-hybridized carbons (Fsp3) is 1.00. The molecule has 0 atom stereocenters.